The summed E-state index contributed by atoms with van der Waals surface area (Å²) in [5.41, 5.74) is 2.93. The first-order valence-corrected chi connectivity index (χ1v) is 17.6. The van der Waals surface area contributed by atoms with Gasteiger partial charge in [-0.1, -0.05) is 46.5 Å². The summed E-state index contributed by atoms with van der Waals surface area (Å²) in [4.78, 5) is 63.0. The Kier molecular flexibility index (Phi) is 9.72. The van der Waals surface area contributed by atoms with Crippen LogP contribution in [0.15, 0.2) is 36.4 Å². The van der Waals surface area contributed by atoms with Gasteiger partial charge in [0.15, 0.2) is 0 Å². The van der Waals surface area contributed by atoms with E-state index in [1.165, 1.54) is 4.90 Å². The average molecular weight is 699 g/mol. The molecule has 4 heterocycles. The minimum atomic E-state index is -0.613. The molecule has 1 unspecified atom stereocenters. The van der Waals surface area contributed by atoms with E-state index in [4.69, 9.17) is 27.9 Å². The van der Waals surface area contributed by atoms with Crippen molar-refractivity contribution >= 4 is 47.0 Å². The van der Waals surface area contributed by atoms with Crippen LogP contribution in [0, 0.1) is 13.8 Å². The van der Waals surface area contributed by atoms with E-state index >= 15 is 0 Å². The number of ether oxygens (including phenoxy) is 1. The Morgan fingerprint density at radius 1 is 0.833 bits per heavy atom. The van der Waals surface area contributed by atoms with E-state index in [0.717, 1.165) is 23.1 Å². The molecule has 2 aromatic carbocycles. The smallest absolute Gasteiger partial charge is 0.410 e. The van der Waals surface area contributed by atoms with Crippen LogP contribution in [-0.4, -0.2) is 118 Å². The van der Waals surface area contributed by atoms with Crippen molar-refractivity contribution in [1.82, 2.24) is 24.5 Å². The molecule has 0 spiro atoms. The molecule has 48 heavy (non-hydrogen) atoms. The molecule has 4 saturated heterocycles. The predicted octanol–water partition coefficient (Wildman–Crippen LogP) is 5.32. The molecule has 0 N–H and O–H groups in total. The number of piperazine rings is 2. The lowest BCUT2D eigenvalue weighted by Gasteiger charge is -2.44. The van der Waals surface area contributed by atoms with Crippen molar-refractivity contribution in [3.05, 3.63) is 68.7 Å². The number of hydrogen-bond acceptors (Lipinski definition) is 6. The van der Waals surface area contributed by atoms with Gasteiger partial charge in [-0.25, -0.2) is 4.79 Å². The second kappa shape index (κ2) is 13.5. The van der Waals surface area contributed by atoms with E-state index in [9.17, 15) is 19.2 Å². The molecule has 2 aromatic rings. The van der Waals surface area contributed by atoms with Crippen molar-refractivity contribution in [3.63, 3.8) is 0 Å². The summed E-state index contributed by atoms with van der Waals surface area (Å²) in [5.74, 6) is -0.0435. The van der Waals surface area contributed by atoms with Crippen molar-refractivity contribution in [2.45, 2.75) is 83.6 Å². The molecule has 258 valence electrons. The summed E-state index contributed by atoms with van der Waals surface area (Å²) in [6.45, 7) is 13.0. The first-order valence-electron chi connectivity index (χ1n) is 16.8. The van der Waals surface area contributed by atoms with Gasteiger partial charge in [0.05, 0.1) is 16.1 Å². The van der Waals surface area contributed by atoms with Crippen LogP contribution in [0.4, 0.5) is 4.79 Å². The van der Waals surface area contributed by atoms with Crippen LogP contribution in [0.3, 0.4) is 0 Å². The second-order valence-electron chi connectivity index (χ2n) is 14.7. The number of hydrogen-bond donors (Lipinski definition) is 0. The van der Waals surface area contributed by atoms with E-state index in [2.05, 4.69) is 4.90 Å². The number of aryl methyl sites for hydroxylation is 2. The number of carbonyl (C=O) groups is 4. The zero-order valence-electron chi connectivity index (χ0n) is 28.4. The maximum Gasteiger partial charge on any atom is 0.410 e. The van der Waals surface area contributed by atoms with Crippen LogP contribution < -0.4 is 0 Å². The van der Waals surface area contributed by atoms with E-state index in [1.54, 1.807) is 12.1 Å². The lowest BCUT2D eigenvalue weighted by Crippen LogP contribution is -2.62. The van der Waals surface area contributed by atoms with Gasteiger partial charge in [0.2, 0.25) is 11.8 Å². The zero-order chi connectivity index (χ0) is 34.5. The molecule has 6 rings (SSSR count). The van der Waals surface area contributed by atoms with Crippen molar-refractivity contribution in [3.8, 4) is 0 Å². The molecule has 0 aromatic heterocycles. The summed E-state index contributed by atoms with van der Waals surface area (Å²) in [5, 5.41) is 0.839. The normalized spacial score (nSPS) is 24.1. The SMILES string of the molecule is Cc1cc(C)cc(C(=O)N2CCN(C(=O)CCN3C[C@@H]4C[C@H]3CN4C(=O)C3CCN3C(=O)OC(C)(C)C)[C@H](c3ccc(Cl)c(Cl)c3)C2)c1. The summed E-state index contributed by atoms with van der Waals surface area (Å²) in [7, 11) is 0. The fourth-order valence-electron chi connectivity index (χ4n) is 7.60. The Hall–Kier alpha value is -3.34. The number of likely N-dealkylation sites (tertiary alicyclic amines) is 3. The molecular weight excluding hydrogens is 653 g/mol. The maximum atomic E-state index is 13.9. The fraction of sp³-hybridized carbons (Fsp3) is 0.556. The topological polar surface area (TPSA) is 93.7 Å². The Labute approximate surface area is 292 Å². The standard InChI is InChI=1S/C36H45Cl2N5O5/c1-22-14-23(2)16-25(15-22)33(45)40-12-13-41(31(21-40)24-6-7-28(37)29(38)17-24)32(44)9-10-39-19-27-18-26(39)20-43(27)34(46)30-8-11-42(30)35(47)48-36(3,4)5/h6-7,14-17,26-27,30-31H,8-13,18-21H2,1-5H3/t26-,27-,30?,31-/m0/s1. The highest BCUT2D eigenvalue weighted by Gasteiger charge is 2.50. The Morgan fingerprint density at radius 3 is 2.17 bits per heavy atom. The van der Waals surface area contributed by atoms with E-state index in [-0.39, 0.29) is 35.8 Å². The van der Waals surface area contributed by atoms with Gasteiger partial charge in [0.1, 0.15) is 11.6 Å². The van der Waals surface area contributed by atoms with Gasteiger partial charge in [-0.2, -0.15) is 0 Å². The van der Waals surface area contributed by atoms with Crippen molar-refractivity contribution in [1.29, 1.82) is 0 Å². The minimum Gasteiger partial charge on any atom is -0.444 e. The summed E-state index contributed by atoms with van der Waals surface area (Å²) in [6, 6.07) is 10.7. The number of amides is 4. The van der Waals surface area contributed by atoms with E-state index < -0.39 is 17.7 Å². The number of benzene rings is 2. The van der Waals surface area contributed by atoms with Crippen LogP contribution in [-0.2, 0) is 14.3 Å². The van der Waals surface area contributed by atoms with Gasteiger partial charge < -0.3 is 19.4 Å². The molecule has 4 aliphatic heterocycles. The van der Waals surface area contributed by atoms with Crippen molar-refractivity contribution in [2.75, 3.05) is 45.8 Å². The number of halogens is 2. The third-order valence-electron chi connectivity index (χ3n) is 9.97. The van der Waals surface area contributed by atoms with Gasteiger partial charge in [-0.15, -0.1) is 0 Å². The monoisotopic (exact) mass is 697 g/mol. The first-order chi connectivity index (χ1) is 22.7. The highest BCUT2D eigenvalue weighted by atomic mass is 35.5. The van der Waals surface area contributed by atoms with E-state index in [0.29, 0.717) is 74.3 Å². The van der Waals surface area contributed by atoms with Crippen LogP contribution >= 0.6 is 23.2 Å². The van der Waals surface area contributed by atoms with Gasteiger partial charge in [0.25, 0.3) is 5.91 Å². The largest absolute Gasteiger partial charge is 0.444 e. The average Bonchev–Trinajstić information content (AvgIpc) is 3.60. The number of fused-ring (bicyclic) bond motifs is 2. The van der Waals surface area contributed by atoms with Crippen LogP contribution in [0.5, 0.6) is 0 Å². The Balaban J connectivity index is 1.08. The maximum absolute atomic E-state index is 13.9. The fourth-order valence-corrected chi connectivity index (χ4v) is 7.91. The van der Waals surface area contributed by atoms with Gasteiger partial charge >= 0.3 is 6.09 Å². The van der Waals surface area contributed by atoms with E-state index in [1.807, 2.05) is 73.6 Å². The second-order valence-corrected chi connectivity index (χ2v) is 15.5. The molecule has 4 atom stereocenters. The molecule has 0 aliphatic carbocycles. The highest BCUT2D eigenvalue weighted by molar-refractivity contribution is 6.42. The summed E-state index contributed by atoms with van der Waals surface area (Å²) < 4.78 is 5.50. The molecule has 4 fully saturated rings. The number of nitrogens with zero attached hydrogens (tertiary/aromatic N) is 5. The third-order valence-corrected chi connectivity index (χ3v) is 10.7. The van der Waals surface area contributed by atoms with Crippen molar-refractivity contribution in [2.24, 2.45) is 0 Å². The van der Waals surface area contributed by atoms with Gasteiger partial charge in [-0.05, 0) is 77.3 Å². The van der Waals surface area contributed by atoms with Gasteiger partial charge in [-0.3, -0.25) is 24.2 Å². The molecule has 0 radical (unpaired) electrons. The quantitative estimate of drug-likeness (QED) is 0.406. The predicted molar refractivity (Wildman–Crippen MR) is 184 cm³/mol. The molecule has 10 nitrogen and oxygen atoms in total. The Morgan fingerprint density at radius 2 is 1.56 bits per heavy atom. The lowest BCUT2D eigenvalue weighted by molar-refractivity contribution is -0.144. The molecule has 12 heteroatoms. The summed E-state index contributed by atoms with van der Waals surface area (Å²) in [6.07, 6.45) is 1.40. The van der Waals surface area contributed by atoms with Crippen molar-refractivity contribution < 1.29 is 23.9 Å². The molecule has 0 saturated carbocycles. The third kappa shape index (κ3) is 7.16. The highest BCUT2D eigenvalue weighted by Crippen LogP contribution is 2.35. The number of rotatable bonds is 6. The first kappa shape index (κ1) is 34.5. The molecule has 2 bridgehead atoms. The lowest BCUT2D eigenvalue weighted by atomic mass is 10.00. The minimum absolute atomic E-state index is 0.00644. The Bertz CT molecular complexity index is 1590. The molecule has 4 aliphatic rings. The number of carbonyl (C=O) groups excluding carboxylic acids is 4. The zero-order valence-corrected chi connectivity index (χ0v) is 29.9. The van der Waals surface area contributed by atoms with Crippen LogP contribution in [0.25, 0.3) is 0 Å². The molecular formula is C36H45Cl2N5O5. The van der Waals surface area contributed by atoms with Crippen LogP contribution in [0.2, 0.25) is 10.0 Å². The summed E-state index contributed by atoms with van der Waals surface area (Å²) >= 11 is 12.6. The van der Waals surface area contributed by atoms with Crippen LogP contribution in [0.1, 0.15) is 73.1 Å². The van der Waals surface area contributed by atoms with Gasteiger partial charge in [0, 0.05) is 69.9 Å². The molecule has 4 amide bonds.